The lowest BCUT2D eigenvalue weighted by Gasteiger charge is -2.22. The lowest BCUT2D eigenvalue weighted by Crippen LogP contribution is -2.36. The van der Waals surface area contributed by atoms with Gasteiger partial charge in [0, 0.05) is 16.1 Å². The molecular weight excluding hydrogens is 336 g/mol. The fourth-order valence-electron chi connectivity index (χ4n) is 4.04. The van der Waals surface area contributed by atoms with Crippen LogP contribution in [0, 0.1) is 0 Å². The molecule has 0 rings (SSSR count). The molecule has 0 amide bonds. The van der Waals surface area contributed by atoms with Gasteiger partial charge in [-0.15, -0.1) is 0 Å². The molecule has 1 atom stereocenters. The van der Waals surface area contributed by atoms with E-state index in [4.69, 9.17) is 0 Å². The minimum atomic E-state index is -0.289. The molecule has 0 nitrogen and oxygen atoms in total. The van der Waals surface area contributed by atoms with E-state index in [1.54, 1.807) is 66.4 Å². The summed E-state index contributed by atoms with van der Waals surface area (Å²) in [6.07, 6.45) is 22.6. The summed E-state index contributed by atoms with van der Waals surface area (Å²) in [6, 6.07) is 5.23. The predicted octanol–water partition coefficient (Wildman–Crippen LogP) is 6.29. The van der Waals surface area contributed by atoms with E-state index in [2.05, 4.69) is 20.8 Å². The maximum absolute atomic E-state index is 2.34. The Kier molecular flexibility index (Phi) is 20.5. The third-order valence-corrected chi connectivity index (χ3v) is 29.2. The number of unbranched alkanes of at least 4 members (excludes halogenated alkanes) is 12. The van der Waals surface area contributed by atoms with E-state index in [1.807, 2.05) is 0 Å². The first-order valence-corrected chi connectivity index (χ1v) is 21.5. The topological polar surface area (TPSA) is 0 Å². The Bertz CT molecular complexity index is 219. The summed E-state index contributed by atoms with van der Waals surface area (Å²) in [5.41, 5.74) is 0. The van der Waals surface area contributed by atoms with Crippen molar-refractivity contribution in [1.29, 1.82) is 0 Å². The minimum Gasteiger partial charge on any atom is -0.0654 e. The standard InChI is InChI=1S/C21H50Si3/c1-4-7-10-13-16-19-23(20-17-14-11-8-5-2)24(22)21-18-15-12-9-6-3/h23-24H,4-21H2,1-3,22H3. The van der Waals surface area contributed by atoms with E-state index in [0.717, 1.165) is 0 Å². The minimum absolute atomic E-state index is 0.209. The third-order valence-electron chi connectivity index (χ3n) is 5.92. The van der Waals surface area contributed by atoms with E-state index in [-0.39, 0.29) is 16.1 Å². The summed E-state index contributed by atoms with van der Waals surface area (Å²) in [7, 11) is 1.13. The Morgan fingerprint density at radius 1 is 0.458 bits per heavy atom. The van der Waals surface area contributed by atoms with Gasteiger partial charge >= 0.3 is 0 Å². The van der Waals surface area contributed by atoms with Gasteiger partial charge in [0.15, 0.2) is 0 Å². The Morgan fingerprint density at radius 3 is 1.17 bits per heavy atom. The van der Waals surface area contributed by atoms with Crippen molar-refractivity contribution in [2.45, 2.75) is 135 Å². The van der Waals surface area contributed by atoms with Gasteiger partial charge in [-0.05, 0) is 9.76 Å². The van der Waals surface area contributed by atoms with E-state index < -0.39 is 0 Å². The zero-order valence-corrected chi connectivity index (χ0v) is 22.2. The zero-order chi connectivity index (χ0) is 17.9. The second-order valence-corrected chi connectivity index (χ2v) is 28.2. The maximum atomic E-state index is 2.34. The fourth-order valence-corrected chi connectivity index (χ4v) is 22.7. The van der Waals surface area contributed by atoms with Gasteiger partial charge in [-0.3, -0.25) is 0 Å². The van der Waals surface area contributed by atoms with Crippen LogP contribution in [0.3, 0.4) is 0 Å². The average Bonchev–Trinajstić information content (AvgIpc) is 2.59. The lowest BCUT2D eigenvalue weighted by atomic mass is 10.2. The Balaban J connectivity index is 3.98. The number of hydrogen-bond donors (Lipinski definition) is 0. The molecule has 0 aromatic rings. The van der Waals surface area contributed by atoms with Crippen LogP contribution in [-0.4, -0.2) is 25.9 Å². The monoisotopic (exact) mass is 386 g/mol. The van der Waals surface area contributed by atoms with Crippen LogP contribution in [0.1, 0.15) is 117 Å². The zero-order valence-electron chi connectivity index (χ0n) is 17.9. The van der Waals surface area contributed by atoms with Crippen LogP contribution in [-0.2, 0) is 0 Å². The molecule has 0 bridgehead atoms. The third kappa shape index (κ3) is 16.1. The van der Waals surface area contributed by atoms with Gasteiger partial charge in [-0.1, -0.05) is 135 Å². The molecule has 0 aliphatic carbocycles. The highest BCUT2D eigenvalue weighted by atomic mass is 29.6. The molecule has 0 aliphatic heterocycles. The summed E-state index contributed by atoms with van der Waals surface area (Å²) in [5, 5.41) is 0. The van der Waals surface area contributed by atoms with Crippen molar-refractivity contribution in [2.75, 3.05) is 0 Å². The Hall–Kier alpha value is 0.651. The molecule has 146 valence electrons. The largest absolute Gasteiger partial charge is 0.0654 e. The van der Waals surface area contributed by atoms with Crippen LogP contribution in [0.15, 0.2) is 0 Å². The molecule has 3 heteroatoms. The van der Waals surface area contributed by atoms with Crippen molar-refractivity contribution >= 4 is 25.9 Å². The van der Waals surface area contributed by atoms with Crippen LogP contribution in [0.5, 0.6) is 0 Å². The molecule has 0 spiro atoms. The second kappa shape index (κ2) is 20.0. The van der Waals surface area contributed by atoms with Crippen molar-refractivity contribution in [2.24, 2.45) is 0 Å². The molecule has 0 saturated heterocycles. The van der Waals surface area contributed by atoms with Crippen molar-refractivity contribution in [3.8, 4) is 0 Å². The SMILES string of the molecule is CCCCCCC[SiH]([SiH3])[SiH](CCCCCCC)CCCCCCC. The quantitative estimate of drug-likeness (QED) is 0.181. The summed E-state index contributed by atoms with van der Waals surface area (Å²) < 4.78 is 0. The molecule has 0 saturated carbocycles. The molecule has 0 aromatic carbocycles. The number of rotatable bonds is 19. The van der Waals surface area contributed by atoms with Crippen molar-refractivity contribution in [1.82, 2.24) is 0 Å². The first kappa shape index (κ1) is 24.7. The van der Waals surface area contributed by atoms with E-state index in [9.17, 15) is 0 Å². The molecule has 0 fully saturated rings. The normalized spacial score (nSPS) is 13.0. The first-order chi connectivity index (χ1) is 11.8. The van der Waals surface area contributed by atoms with Crippen LogP contribution in [0.4, 0.5) is 0 Å². The van der Waals surface area contributed by atoms with Crippen LogP contribution < -0.4 is 0 Å². The summed E-state index contributed by atoms with van der Waals surface area (Å²) >= 11 is 0. The smallest absolute Gasteiger partial charge is 0.0245 e. The second-order valence-electron chi connectivity index (χ2n) is 8.35. The van der Waals surface area contributed by atoms with Gasteiger partial charge in [0.05, 0.1) is 0 Å². The van der Waals surface area contributed by atoms with Gasteiger partial charge in [0.2, 0.25) is 0 Å². The van der Waals surface area contributed by atoms with Crippen LogP contribution >= 0.6 is 0 Å². The van der Waals surface area contributed by atoms with E-state index in [0.29, 0.717) is 0 Å². The van der Waals surface area contributed by atoms with E-state index in [1.165, 1.54) is 57.8 Å². The van der Waals surface area contributed by atoms with Crippen molar-refractivity contribution in [3.05, 3.63) is 0 Å². The highest BCUT2D eigenvalue weighted by Gasteiger charge is 2.19. The molecule has 0 radical (unpaired) electrons. The van der Waals surface area contributed by atoms with Gasteiger partial charge in [-0.25, -0.2) is 0 Å². The first-order valence-electron chi connectivity index (χ1n) is 11.8. The molecule has 1 unspecified atom stereocenters. The fraction of sp³-hybridized carbons (Fsp3) is 1.00. The Labute approximate surface area is 161 Å². The van der Waals surface area contributed by atoms with Gasteiger partial charge in [0.25, 0.3) is 0 Å². The maximum Gasteiger partial charge on any atom is 0.0245 e. The Morgan fingerprint density at radius 2 is 0.792 bits per heavy atom. The molecule has 0 aliphatic rings. The molecule has 0 heterocycles. The number of hydrogen-bond acceptors (Lipinski definition) is 0. The van der Waals surface area contributed by atoms with Crippen molar-refractivity contribution in [3.63, 3.8) is 0 Å². The van der Waals surface area contributed by atoms with Crippen molar-refractivity contribution < 1.29 is 0 Å². The summed E-state index contributed by atoms with van der Waals surface area (Å²) in [5.74, 6) is 0. The highest BCUT2D eigenvalue weighted by Crippen LogP contribution is 2.18. The van der Waals surface area contributed by atoms with Gasteiger partial charge in [-0.2, -0.15) is 0 Å². The average molecular weight is 387 g/mol. The van der Waals surface area contributed by atoms with Crippen LogP contribution in [0.2, 0.25) is 18.1 Å². The van der Waals surface area contributed by atoms with Gasteiger partial charge in [0.1, 0.15) is 0 Å². The van der Waals surface area contributed by atoms with Crippen LogP contribution in [0.25, 0.3) is 0 Å². The molecule has 0 aromatic heterocycles. The van der Waals surface area contributed by atoms with Gasteiger partial charge < -0.3 is 0 Å². The molecular formula is C21H50Si3. The van der Waals surface area contributed by atoms with E-state index >= 15 is 0 Å². The molecule has 24 heavy (non-hydrogen) atoms. The summed E-state index contributed by atoms with van der Waals surface area (Å²) in [6.45, 7) is 7.02. The molecule has 0 N–H and O–H groups in total. The highest BCUT2D eigenvalue weighted by molar-refractivity contribution is 7.41. The lowest BCUT2D eigenvalue weighted by molar-refractivity contribution is 0.646. The summed E-state index contributed by atoms with van der Waals surface area (Å²) in [4.78, 5) is 0. The predicted molar refractivity (Wildman–Crippen MR) is 125 cm³/mol.